The molecule has 29 heavy (non-hydrogen) atoms. The molecule has 4 heterocycles. The molecule has 0 bridgehead atoms. The lowest BCUT2D eigenvalue weighted by Crippen LogP contribution is -2.11. The zero-order chi connectivity index (χ0) is 20.2. The Morgan fingerprint density at radius 3 is 2.59 bits per heavy atom. The van der Waals surface area contributed by atoms with Crippen molar-refractivity contribution >= 4 is 17.3 Å². The van der Waals surface area contributed by atoms with Crippen LogP contribution >= 0.6 is 0 Å². The van der Waals surface area contributed by atoms with E-state index in [9.17, 15) is 0 Å². The minimum Gasteiger partial charge on any atom is -0.382 e. The van der Waals surface area contributed by atoms with Crippen molar-refractivity contribution in [2.45, 2.75) is 19.9 Å². The van der Waals surface area contributed by atoms with E-state index >= 15 is 0 Å². The molecule has 4 aromatic rings. The van der Waals surface area contributed by atoms with E-state index in [4.69, 9.17) is 0 Å². The maximum absolute atomic E-state index is 4.57. The van der Waals surface area contributed by atoms with Crippen LogP contribution in [-0.4, -0.2) is 35.8 Å². The topological polar surface area (TPSA) is 93.4 Å². The van der Waals surface area contributed by atoms with Gasteiger partial charge in [0.1, 0.15) is 11.6 Å². The molecule has 4 rings (SSSR count). The molecule has 0 aromatic carbocycles. The van der Waals surface area contributed by atoms with Gasteiger partial charge in [0.15, 0.2) is 5.82 Å². The Balaban J connectivity index is 1.64. The Bertz CT molecular complexity index is 1100. The molecule has 0 fully saturated rings. The van der Waals surface area contributed by atoms with Gasteiger partial charge in [0.2, 0.25) is 0 Å². The van der Waals surface area contributed by atoms with Crippen LogP contribution < -0.4 is 10.6 Å². The second-order valence-electron chi connectivity index (χ2n) is 6.92. The SMILES string of the molecule is CC(C)Nc1cc(Nc2ccnc(-c3cnn(C)c3)n2)ncc1-c1ccccn1. The van der Waals surface area contributed by atoms with E-state index in [-0.39, 0.29) is 6.04 Å². The third-order valence-corrected chi connectivity index (χ3v) is 4.16. The highest BCUT2D eigenvalue weighted by molar-refractivity contribution is 5.77. The molecule has 0 saturated carbocycles. The lowest BCUT2D eigenvalue weighted by atomic mass is 10.1. The standard InChI is InChI=1S/C21H22N8/c1-14(2)26-18-10-20(24-12-16(18)17-6-4-5-8-22-17)27-19-7-9-23-21(28-19)15-11-25-29(3)13-15/h4-14H,1-3H3,(H2,23,24,26,27,28). The smallest absolute Gasteiger partial charge is 0.164 e. The van der Waals surface area contributed by atoms with Crippen LogP contribution in [0.2, 0.25) is 0 Å². The average molecular weight is 386 g/mol. The highest BCUT2D eigenvalue weighted by atomic mass is 15.2. The van der Waals surface area contributed by atoms with E-state index < -0.39 is 0 Å². The van der Waals surface area contributed by atoms with Crippen molar-refractivity contribution < 1.29 is 0 Å². The molecule has 0 saturated heterocycles. The summed E-state index contributed by atoms with van der Waals surface area (Å²) >= 11 is 0. The molecule has 0 atom stereocenters. The van der Waals surface area contributed by atoms with Gasteiger partial charge in [-0.2, -0.15) is 5.10 Å². The van der Waals surface area contributed by atoms with E-state index in [2.05, 4.69) is 49.5 Å². The summed E-state index contributed by atoms with van der Waals surface area (Å²) in [5.74, 6) is 1.95. The maximum Gasteiger partial charge on any atom is 0.164 e. The van der Waals surface area contributed by atoms with Gasteiger partial charge in [-0.1, -0.05) is 6.07 Å². The van der Waals surface area contributed by atoms with Crippen molar-refractivity contribution in [1.82, 2.24) is 29.7 Å². The molecule has 0 unspecified atom stereocenters. The first kappa shape index (κ1) is 18.5. The van der Waals surface area contributed by atoms with Gasteiger partial charge in [0, 0.05) is 55.2 Å². The Morgan fingerprint density at radius 2 is 1.86 bits per heavy atom. The molecule has 0 amide bonds. The Labute approximate surface area is 169 Å². The number of hydrogen-bond acceptors (Lipinski definition) is 7. The quantitative estimate of drug-likeness (QED) is 0.519. The van der Waals surface area contributed by atoms with Gasteiger partial charge >= 0.3 is 0 Å². The minimum atomic E-state index is 0.268. The lowest BCUT2D eigenvalue weighted by Gasteiger charge is -2.16. The summed E-state index contributed by atoms with van der Waals surface area (Å²) < 4.78 is 1.72. The molecule has 2 N–H and O–H groups in total. The van der Waals surface area contributed by atoms with Crippen molar-refractivity contribution in [2.24, 2.45) is 7.05 Å². The van der Waals surface area contributed by atoms with Gasteiger partial charge in [0.25, 0.3) is 0 Å². The van der Waals surface area contributed by atoms with Crippen molar-refractivity contribution in [3.05, 3.63) is 61.3 Å². The number of nitrogens with one attached hydrogen (secondary N) is 2. The normalized spacial score (nSPS) is 10.9. The second kappa shape index (κ2) is 8.05. The van der Waals surface area contributed by atoms with Gasteiger partial charge in [-0.05, 0) is 32.0 Å². The molecule has 0 aliphatic heterocycles. The molecule has 146 valence electrons. The highest BCUT2D eigenvalue weighted by Gasteiger charge is 2.11. The summed E-state index contributed by atoms with van der Waals surface area (Å²) in [6.07, 6.45) is 8.93. The molecule has 0 aliphatic rings. The van der Waals surface area contributed by atoms with Crippen LogP contribution in [0.25, 0.3) is 22.6 Å². The van der Waals surface area contributed by atoms with Crippen LogP contribution in [-0.2, 0) is 7.05 Å². The molecule has 4 aromatic heterocycles. The number of hydrogen-bond donors (Lipinski definition) is 2. The number of pyridine rings is 2. The minimum absolute atomic E-state index is 0.268. The van der Waals surface area contributed by atoms with Crippen LogP contribution in [0.4, 0.5) is 17.3 Å². The fourth-order valence-corrected chi connectivity index (χ4v) is 2.92. The molecular weight excluding hydrogens is 364 g/mol. The van der Waals surface area contributed by atoms with E-state index in [0.29, 0.717) is 17.5 Å². The van der Waals surface area contributed by atoms with Crippen LogP contribution in [0.15, 0.2) is 61.3 Å². The number of rotatable bonds is 6. The van der Waals surface area contributed by atoms with Crippen LogP contribution in [0.3, 0.4) is 0 Å². The molecule has 0 spiro atoms. The zero-order valence-electron chi connectivity index (χ0n) is 16.5. The summed E-state index contributed by atoms with van der Waals surface area (Å²) in [6.45, 7) is 4.20. The summed E-state index contributed by atoms with van der Waals surface area (Å²) in [4.78, 5) is 17.9. The first-order valence-corrected chi connectivity index (χ1v) is 9.35. The molecule has 0 aliphatic carbocycles. The number of anilines is 3. The monoisotopic (exact) mass is 386 g/mol. The predicted molar refractivity (Wildman–Crippen MR) is 114 cm³/mol. The van der Waals surface area contributed by atoms with Gasteiger partial charge in [-0.15, -0.1) is 0 Å². The first-order valence-electron chi connectivity index (χ1n) is 9.35. The van der Waals surface area contributed by atoms with Crippen LogP contribution in [0.5, 0.6) is 0 Å². The zero-order valence-corrected chi connectivity index (χ0v) is 16.5. The van der Waals surface area contributed by atoms with E-state index in [0.717, 1.165) is 22.5 Å². The number of aromatic nitrogens is 6. The lowest BCUT2D eigenvalue weighted by molar-refractivity contribution is 0.768. The molecule has 8 heteroatoms. The number of aryl methyl sites for hydroxylation is 1. The Kier molecular flexibility index (Phi) is 5.15. The summed E-state index contributed by atoms with van der Waals surface area (Å²) in [5, 5.41) is 10.9. The summed E-state index contributed by atoms with van der Waals surface area (Å²) in [5.41, 5.74) is 3.63. The summed E-state index contributed by atoms with van der Waals surface area (Å²) in [6, 6.07) is 9.88. The van der Waals surface area contributed by atoms with Crippen molar-refractivity contribution in [3.63, 3.8) is 0 Å². The maximum atomic E-state index is 4.57. The average Bonchev–Trinajstić information content (AvgIpc) is 3.15. The van der Waals surface area contributed by atoms with Gasteiger partial charge in [-0.25, -0.2) is 15.0 Å². The van der Waals surface area contributed by atoms with Gasteiger partial charge in [-0.3, -0.25) is 9.67 Å². The van der Waals surface area contributed by atoms with Crippen molar-refractivity contribution in [2.75, 3.05) is 10.6 Å². The van der Waals surface area contributed by atoms with Crippen molar-refractivity contribution in [1.29, 1.82) is 0 Å². The number of nitrogens with zero attached hydrogens (tertiary/aromatic N) is 6. The Morgan fingerprint density at radius 1 is 0.966 bits per heavy atom. The second-order valence-corrected chi connectivity index (χ2v) is 6.92. The van der Waals surface area contributed by atoms with Gasteiger partial charge in [0.05, 0.1) is 17.5 Å². The van der Waals surface area contributed by atoms with Crippen molar-refractivity contribution in [3.8, 4) is 22.6 Å². The molecule has 8 nitrogen and oxygen atoms in total. The fraction of sp³-hybridized carbons (Fsp3) is 0.190. The van der Waals surface area contributed by atoms with E-state index in [1.165, 1.54) is 0 Å². The third-order valence-electron chi connectivity index (χ3n) is 4.16. The predicted octanol–water partition coefficient (Wildman–Crippen LogP) is 3.90. The molecular formula is C21H22N8. The van der Waals surface area contributed by atoms with E-state index in [1.54, 1.807) is 23.3 Å². The Hall–Kier alpha value is -3.81. The van der Waals surface area contributed by atoms with Crippen LogP contribution in [0, 0.1) is 0 Å². The largest absolute Gasteiger partial charge is 0.382 e. The van der Waals surface area contributed by atoms with Gasteiger partial charge < -0.3 is 10.6 Å². The molecule has 0 radical (unpaired) electrons. The third kappa shape index (κ3) is 4.37. The summed E-state index contributed by atoms with van der Waals surface area (Å²) in [7, 11) is 1.86. The van der Waals surface area contributed by atoms with E-state index in [1.807, 2.05) is 49.8 Å². The fourth-order valence-electron chi connectivity index (χ4n) is 2.92. The van der Waals surface area contributed by atoms with Crippen LogP contribution in [0.1, 0.15) is 13.8 Å². The first-order chi connectivity index (χ1) is 14.1. The highest BCUT2D eigenvalue weighted by Crippen LogP contribution is 2.29.